The molecule has 3 nitrogen and oxygen atoms in total. The number of hydrogen-bond donors (Lipinski definition) is 2. The molecule has 0 aliphatic heterocycles. The molecule has 2 aromatic carbocycles. The lowest BCUT2D eigenvalue weighted by molar-refractivity contribution is 0.102. The number of benzene rings is 2. The Morgan fingerprint density at radius 3 is 2.67 bits per heavy atom. The first-order valence-corrected chi connectivity index (χ1v) is 6.66. The highest BCUT2D eigenvalue weighted by Gasteiger charge is 2.06. The highest BCUT2D eigenvalue weighted by atomic mass is 32.2. The zero-order chi connectivity index (χ0) is 13.0. The Morgan fingerprint density at radius 2 is 1.94 bits per heavy atom. The summed E-state index contributed by atoms with van der Waals surface area (Å²) in [5.41, 5.74) is 1.18. The van der Waals surface area contributed by atoms with E-state index in [1.54, 1.807) is 23.9 Å². The molecule has 0 spiro atoms. The van der Waals surface area contributed by atoms with Gasteiger partial charge in [0.15, 0.2) is 0 Å². The molecule has 2 rings (SSSR count). The SMILES string of the molecule is CSc1cccc(NC(=O)c2cccc(O)c2)c1. The first-order valence-electron chi connectivity index (χ1n) is 5.43. The second-order valence-electron chi connectivity index (χ2n) is 3.74. The number of phenols is 1. The summed E-state index contributed by atoms with van der Waals surface area (Å²) in [6.45, 7) is 0. The lowest BCUT2D eigenvalue weighted by Gasteiger charge is -2.06. The maximum absolute atomic E-state index is 11.9. The molecular weight excluding hydrogens is 246 g/mol. The monoisotopic (exact) mass is 259 g/mol. The summed E-state index contributed by atoms with van der Waals surface area (Å²) in [4.78, 5) is 13.0. The van der Waals surface area contributed by atoms with Crippen LogP contribution in [0.25, 0.3) is 0 Å². The van der Waals surface area contributed by atoms with E-state index < -0.39 is 0 Å². The van der Waals surface area contributed by atoms with Gasteiger partial charge in [0.25, 0.3) is 5.91 Å². The maximum atomic E-state index is 11.9. The minimum Gasteiger partial charge on any atom is -0.508 e. The zero-order valence-electron chi connectivity index (χ0n) is 9.88. The lowest BCUT2D eigenvalue weighted by Crippen LogP contribution is -2.11. The van der Waals surface area contributed by atoms with Crippen LogP contribution in [0.2, 0.25) is 0 Å². The normalized spacial score (nSPS) is 10.1. The van der Waals surface area contributed by atoms with E-state index in [1.165, 1.54) is 12.1 Å². The quantitative estimate of drug-likeness (QED) is 0.831. The van der Waals surface area contributed by atoms with Crippen LogP contribution in [0.4, 0.5) is 5.69 Å². The summed E-state index contributed by atoms with van der Waals surface area (Å²) < 4.78 is 0. The molecule has 0 unspecified atom stereocenters. The van der Waals surface area contributed by atoms with Crippen LogP contribution in [0.3, 0.4) is 0 Å². The van der Waals surface area contributed by atoms with Crippen molar-refractivity contribution in [3.8, 4) is 5.75 Å². The van der Waals surface area contributed by atoms with E-state index in [9.17, 15) is 9.90 Å². The van der Waals surface area contributed by atoms with Gasteiger partial charge in [-0.25, -0.2) is 0 Å². The van der Waals surface area contributed by atoms with Crippen LogP contribution in [0.1, 0.15) is 10.4 Å². The van der Waals surface area contributed by atoms with Gasteiger partial charge in [0.1, 0.15) is 5.75 Å². The van der Waals surface area contributed by atoms with Crippen molar-refractivity contribution >= 4 is 23.4 Å². The van der Waals surface area contributed by atoms with E-state index >= 15 is 0 Å². The van der Waals surface area contributed by atoms with E-state index in [4.69, 9.17) is 0 Å². The molecule has 0 atom stereocenters. The third kappa shape index (κ3) is 3.05. The van der Waals surface area contributed by atoms with Crippen LogP contribution < -0.4 is 5.32 Å². The van der Waals surface area contributed by atoms with Crippen molar-refractivity contribution in [1.29, 1.82) is 0 Å². The molecule has 0 heterocycles. The molecule has 2 aromatic rings. The third-order valence-corrected chi connectivity index (χ3v) is 3.16. The number of amides is 1. The first kappa shape index (κ1) is 12.5. The van der Waals surface area contributed by atoms with Crippen molar-refractivity contribution in [2.24, 2.45) is 0 Å². The molecule has 18 heavy (non-hydrogen) atoms. The number of carbonyl (C=O) groups is 1. The number of thioether (sulfide) groups is 1. The van der Waals surface area contributed by atoms with Gasteiger partial charge in [0, 0.05) is 16.1 Å². The molecule has 0 saturated carbocycles. The molecule has 0 bridgehead atoms. The molecule has 92 valence electrons. The minimum atomic E-state index is -0.232. The Balaban J connectivity index is 2.16. The molecular formula is C14H13NO2S. The Labute approximate surface area is 110 Å². The van der Waals surface area contributed by atoms with E-state index in [1.807, 2.05) is 30.5 Å². The smallest absolute Gasteiger partial charge is 0.255 e. The van der Waals surface area contributed by atoms with Crippen molar-refractivity contribution in [2.75, 3.05) is 11.6 Å². The summed E-state index contributed by atoms with van der Waals surface area (Å²) in [6, 6.07) is 13.9. The lowest BCUT2D eigenvalue weighted by atomic mass is 10.2. The Bertz CT molecular complexity index is 569. The van der Waals surface area contributed by atoms with Gasteiger partial charge in [0.2, 0.25) is 0 Å². The van der Waals surface area contributed by atoms with Crippen LogP contribution in [-0.2, 0) is 0 Å². The fourth-order valence-corrected chi connectivity index (χ4v) is 2.01. The molecule has 1 amide bonds. The Hall–Kier alpha value is -1.94. The second-order valence-corrected chi connectivity index (χ2v) is 4.62. The highest BCUT2D eigenvalue weighted by molar-refractivity contribution is 7.98. The molecule has 0 fully saturated rings. The molecule has 0 radical (unpaired) electrons. The predicted octanol–water partition coefficient (Wildman–Crippen LogP) is 3.37. The molecule has 0 aromatic heterocycles. The predicted molar refractivity (Wildman–Crippen MR) is 74.3 cm³/mol. The summed E-state index contributed by atoms with van der Waals surface area (Å²) in [5.74, 6) is -0.148. The van der Waals surface area contributed by atoms with Gasteiger partial charge in [-0.15, -0.1) is 11.8 Å². The van der Waals surface area contributed by atoms with E-state index in [2.05, 4.69) is 5.32 Å². The fourth-order valence-electron chi connectivity index (χ4n) is 1.55. The van der Waals surface area contributed by atoms with Gasteiger partial charge >= 0.3 is 0 Å². The van der Waals surface area contributed by atoms with Crippen molar-refractivity contribution in [3.63, 3.8) is 0 Å². The maximum Gasteiger partial charge on any atom is 0.255 e. The summed E-state index contributed by atoms with van der Waals surface area (Å²) in [5, 5.41) is 12.1. The number of rotatable bonds is 3. The highest BCUT2D eigenvalue weighted by Crippen LogP contribution is 2.20. The van der Waals surface area contributed by atoms with Gasteiger partial charge < -0.3 is 10.4 Å². The number of aromatic hydroxyl groups is 1. The van der Waals surface area contributed by atoms with Crippen LogP contribution in [-0.4, -0.2) is 17.3 Å². The van der Waals surface area contributed by atoms with E-state index in [-0.39, 0.29) is 11.7 Å². The van der Waals surface area contributed by atoms with Gasteiger partial charge in [-0.1, -0.05) is 12.1 Å². The van der Waals surface area contributed by atoms with Crippen LogP contribution in [0.15, 0.2) is 53.4 Å². The standard InChI is InChI=1S/C14H13NO2S/c1-18-13-7-3-5-11(9-13)15-14(17)10-4-2-6-12(16)8-10/h2-9,16H,1H3,(H,15,17). The van der Waals surface area contributed by atoms with Crippen LogP contribution in [0.5, 0.6) is 5.75 Å². The number of hydrogen-bond acceptors (Lipinski definition) is 3. The molecule has 4 heteroatoms. The van der Waals surface area contributed by atoms with Gasteiger partial charge in [-0.2, -0.15) is 0 Å². The molecule has 0 saturated heterocycles. The summed E-state index contributed by atoms with van der Waals surface area (Å²) in [6.07, 6.45) is 1.98. The molecule has 2 N–H and O–H groups in total. The van der Waals surface area contributed by atoms with Crippen LogP contribution in [0, 0.1) is 0 Å². The fraction of sp³-hybridized carbons (Fsp3) is 0.0714. The van der Waals surface area contributed by atoms with Crippen LogP contribution >= 0.6 is 11.8 Å². The van der Waals surface area contributed by atoms with E-state index in [0.717, 1.165) is 10.6 Å². The number of phenolic OH excluding ortho intramolecular Hbond substituents is 1. The topological polar surface area (TPSA) is 49.3 Å². The average Bonchev–Trinajstić information content (AvgIpc) is 2.39. The minimum absolute atomic E-state index is 0.0838. The second kappa shape index (κ2) is 5.60. The van der Waals surface area contributed by atoms with Crippen molar-refractivity contribution in [1.82, 2.24) is 0 Å². The van der Waals surface area contributed by atoms with Gasteiger partial charge in [-0.05, 0) is 42.7 Å². The number of carbonyl (C=O) groups excluding carboxylic acids is 1. The average molecular weight is 259 g/mol. The third-order valence-electron chi connectivity index (χ3n) is 2.44. The first-order chi connectivity index (χ1) is 8.69. The summed E-state index contributed by atoms with van der Waals surface area (Å²) in [7, 11) is 0. The van der Waals surface area contributed by atoms with E-state index in [0.29, 0.717) is 5.56 Å². The zero-order valence-corrected chi connectivity index (χ0v) is 10.7. The Morgan fingerprint density at radius 1 is 1.17 bits per heavy atom. The Kier molecular flexibility index (Phi) is 3.89. The number of nitrogens with one attached hydrogen (secondary N) is 1. The van der Waals surface area contributed by atoms with Gasteiger partial charge in [0.05, 0.1) is 0 Å². The largest absolute Gasteiger partial charge is 0.508 e. The summed E-state index contributed by atoms with van der Waals surface area (Å²) >= 11 is 1.62. The van der Waals surface area contributed by atoms with Crippen molar-refractivity contribution in [2.45, 2.75) is 4.90 Å². The number of anilines is 1. The molecule has 0 aliphatic rings. The molecule has 0 aliphatic carbocycles. The van der Waals surface area contributed by atoms with Gasteiger partial charge in [-0.3, -0.25) is 4.79 Å². The van der Waals surface area contributed by atoms with Crippen molar-refractivity contribution in [3.05, 3.63) is 54.1 Å². The van der Waals surface area contributed by atoms with Crippen molar-refractivity contribution < 1.29 is 9.90 Å².